The summed E-state index contributed by atoms with van der Waals surface area (Å²) in [5, 5.41) is 7.44. The number of aromatic nitrogens is 2. The first-order valence-corrected chi connectivity index (χ1v) is 6.64. The van der Waals surface area contributed by atoms with E-state index >= 15 is 0 Å². The summed E-state index contributed by atoms with van der Waals surface area (Å²) in [5.74, 6) is 0.0439. The molecule has 1 aromatic heterocycles. The van der Waals surface area contributed by atoms with Gasteiger partial charge in [0.05, 0.1) is 18.4 Å². The molecule has 0 aliphatic rings. The van der Waals surface area contributed by atoms with Crippen LogP contribution >= 0.6 is 0 Å². The van der Waals surface area contributed by atoms with Crippen LogP contribution < -0.4 is 15.8 Å². The predicted molar refractivity (Wildman–Crippen MR) is 81.2 cm³/mol. The molecular formula is C15H20N4O2. The Labute approximate surface area is 123 Å². The number of hydrogen-bond donors (Lipinski definition) is 2. The van der Waals surface area contributed by atoms with Gasteiger partial charge in [0.2, 0.25) is 11.8 Å². The maximum absolute atomic E-state index is 11.9. The molecule has 0 bridgehead atoms. The molecule has 0 saturated heterocycles. The van der Waals surface area contributed by atoms with Crippen LogP contribution in [0, 0.1) is 13.8 Å². The lowest BCUT2D eigenvalue weighted by molar-refractivity contribution is -0.118. The van der Waals surface area contributed by atoms with Gasteiger partial charge in [0.25, 0.3) is 0 Å². The molecule has 21 heavy (non-hydrogen) atoms. The minimum absolute atomic E-state index is 0.481. The fraction of sp³-hybridized carbons (Fsp3) is 0.333. The molecular weight excluding hydrogens is 268 g/mol. The van der Waals surface area contributed by atoms with Gasteiger partial charge in [-0.05, 0) is 31.5 Å². The van der Waals surface area contributed by atoms with E-state index in [4.69, 9.17) is 10.5 Å². The van der Waals surface area contributed by atoms with Gasteiger partial charge in [0, 0.05) is 12.7 Å². The number of nitrogens with one attached hydrogen (secondary N) is 1. The maximum Gasteiger partial charge on any atom is 0.244 e. The first kappa shape index (κ1) is 14.9. The smallest absolute Gasteiger partial charge is 0.244 e. The van der Waals surface area contributed by atoms with Gasteiger partial charge in [-0.15, -0.1) is 0 Å². The summed E-state index contributed by atoms with van der Waals surface area (Å²) in [5.41, 5.74) is 8.85. The Morgan fingerprint density at radius 1 is 1.43 bits per heavy atom. The highest BCUT2D eigenvalue weighted by Crippen LogP contribution is 2.30. The number of methoxy groups -OCH3 is 1. The summed E-state index contributed by atoms with van der Waals surface area (Å²) in [6.45, 7) is 3.81. The number of amides is 1. The van der Waals surface area contributed by atoms with Gasteiger partial charge in [-0.1, -0.05) is 12.1 Å². The van der Waals surface area contributed by atoms with E-state index in [1.54, 1.807) is 18.8 Å². The first-order chi connectivity index (χ1) is 9.93. The first-order valence-electron chi connectivity index (χ1n) is 6.64. The fourth-order valence-electron chi connectivity index (χ4n) is 2.41. The number of carbonyl (C=O) groups is 1. The van der Waals surface area contributed by atoms with E-state index in [-0.39, 0.29) is 0 Å². The molecule has 3 N–H and O–H groups in total. The van der Waals surface area contributed by atoms with Gasteiger partial charge in [-0.2, -0.15) is 5.10 Å². The van der Waals surface area contributed by atoms with Crippen LogP contribution in [-0.2, 0) is 11.8 Å². The normalized spacial score (nSPS) is 12.0. The van der Waals surface area contributed by atoms with Crippen LogP contribution in [0.5, 0.6) is 5.88 Å². The van der Waals surface area contributed by atoms with E-state index in [1.165, 1.54) is 0 Å². The minimum Gasteiger partial charge on any atom is -0.481 e. The van der Waals surface area contributed by atoms with Crippen molar-refractivity contribution < 1.29 is 9.53 Å². The van der Waals surface area contributed by atoms with Gasteiger partial charge >= 0.3 is 0 Å². The number of ether oxygens (including phenoxy) is 1. The molecule has 0 spiro atoms. The Kier molecular flexibility index (Phi) is 4.16. The van der Waals surface area contributed by atoms with Crippen LogP contribution in [-0.4, -0.2) is 22.8 Å². The summed E-state index contributed by atoms with van der Waals surface area (Å²) in [7, 11) is 3.31. The Morgan fingerprint density at radius 3 is 2.71 bits per heavy atom. The lowest BCUT2D eigenvalue weighted by Gasteiger charge is -2.18. The van der Waals surface area contributed by atoms with E-state index in [0.717, 1.165) is 11.3 Å². The molecule has 6 nitrogen and oxygen atoms in total. The number of nitrogens with zero attached hydrogens (tertiary/aromatic N) is 2. The number of primary amides is 1. The number of aryl methyl sites for hydroxylation is 3. The highest BCUT2D eigenvalue weighted by Gasteiger charge is 2.27. The van der Waals surface area contributed by atoms with Crippen LogP contribution in [0.15, 0.2) is 24.3 Å². The molecule has 1 atom stereocenters. The van der Waals surface area contributed by atoms with Crippen molar-refractivity contribution in [3.8, 4) is 5.88 Å². The van der Waals surface area contributed by atoms with Gasteiger partial charge in [0.15, 0.2) is 0 Å². The molecule has 0 fully saturated rings. The number of benzene rings is 1. The van der Waals surface area contributed by atoms with Crippen LogP contribution in [0.3, 0.4) is 0 Å². The quantitative estimate of drug-likeness (QED) is 0.877. The van der Waals surface area contributed by atoms with Crippen molar-refractivity contribution in [3.63, 3.8) is 0 Å². The number of anilines is 1. The van der Waals surface area contributed by atoms with Gasteiger partial charge < -0.3 is 15.8 Å². The summed E-state index contributed by atoms with van der Waals surface area (Å²) in [4.78, 5) is 11.9. The largest absolute Gasteiger partial charge is 0.481 e. The monoisotopic (exact) mass is 288 g/mol. The van der Waals surface area contributed by atoms with E-state index in [9.17, 15) is 4.79 Å². The molecule has 1 amide bonds. The standard InChI is InChI=1S/C15H20N4O2/c1-9-6-5-7-11(8-9)17-13(14(16)20)12-10(2)18-19(3)15(12)21-4/h5-8,13,17H,1-4H3,(H2,16,20). The summed E-state index contributed by atoms with van der Waals surface area (Å²) >= 11 is 0. The zero-order valence-corrected chi connectivity index (χ0v) is 12.7. The van der Waals surface area contributed by atoms with E-state index < -0.39 is 11.9 Å². The lowest BCUT2D eigenvalue weighted by Crippen LogP contribution is -2.28. The molecule has 1 unspecified atom stereocenters. The Balaban J connectivity index is 2.43. The van der Waals surface area contributed by atoms with Gasteiger partial charge in [-0.25, -0.2) is 4.68 Å². The van der Waals surface area contributed by atoms with E-state index in [2.05, 4.69) is 10.4 Å². The number of rotatable bonds is 5. The van der Waals surface area contributed by atoms with Crippen molar-refractivity contribution in [2.75, 3.05) is 12.4 Å². The Morgan fingerprint density at radius 2 is 2.14 bits per heavy atom. The molecule has 0 saturated carbocycles. The van der Waals surface area contributed by atoms with Crippen molar-refractivity contribution in [3.05, 3.63) is 41.1 Å². The average Bonchev–Trinajstić information content (AvgIpc) is 2.69. The van der Waals surface area contributed by atoms with E-state index in [1.807, 2.05) is 38.1 Å². The highest BCUT2D eigenvalue weighted by molar-refractivity contribution is 5.85. The molecule has 2 aromatic rings. The molecule has 1 heterocycles. The molecule has 0 aliphatic heterocycles. The zero-order valence-electron chi connectivity index (χ0n) is 12.7. The third kappa shape index (κ3) is 2.99. The third-order valence-corrected chi connectivity index (χ3v) is 3.31. The summed E-state index contributed by atoms with van der Waals surface area (Å²) in [6, 6.07) is 7.05. The Bertz CT molecular complexity index is 664. The van der Waals surface area contributed by atoms with Crippen molar-refractivity contribution in [1.29, 1.82) is 0 Å². The fourth-order valence-corrected chi connectivity index (χ4v) is 2.41. The second-order valence-corrected chi connectivity index (χ2v) is 4.98. The maximum atomic E-state index is 11.9. The third-order valence-electron chi connectivity index (χ3n) is 3.31. The number of carbonyl (C=O) groups excluding carboxylic acids is 1. The zero-order chi connectivity index (χ0) is 15.6. The second-order valence-electron chi connectivity index (χ2n) is 4.98. The minimum atomic E-state index is -0.699. The SMILES string of the molecule is COc1c(C(Nc2cccc(C)c2)C(N)=O)c(C)nn1C. The molecule has 2 rings (SSSR count). The lowest BCUT2D eigenvalue weighted by atomic mass is 10.1. The molecule has 0 aliphatic carbocycles. The molecule has 6 heteroatoms. The van der Waals surface area contributed by atoms with Crippen molar-refractivity contribution in [1.82, 2.24) is 9.78 Å². The number of nitrogens with two attached hydrogens (primary N) is 1. The molecule has 0 radical (unpaired) electrons. The highest BCUT2D eigenvalue weighted by atomic mass is 16.5. The van der Waals surface area contributed by atoms with Crippen LogP contribution in [0.1, 0.15) is 22.9 Å². The topological polar surface area (TPSA) is 82.2 Å². The summed E-state index contributed by atoms with van der Waals surface area (Å²) < 4.78 is 6.94. The van der Waals surface area contributed by atoms with Crippen LogP contribution in [0.25, 0.3) is 0 Å². The van der Waals surface area contributed by atoms with Crippen molar-refractivity contribution in [2.24, 2.45) is 12.8 Å². The molecule has 112 valence electrons. The summed E-state index contributed by atoms with van der Waals surface area (Å²) in [6.07, 6.45) is 0. The Hall–Kier alpha value is -2.50. The second kappa shape index (κ2) is 5.87. The van der Waals surface area contributed by atoms with Crippen LogP contribution in [0.2, 0.25) is 0 Å². The van der Waals surface area contributed by atoms with Gasteiger partial charge in [0.1, 0.15) is 6.04 Å². The average molecular weight is 288 g/mol. The number of hydrogen-bond acceptors (Lipinski definition) is 4. The van der Waals surface area contributed by atoms with Crippen LogP contribution in [0.4, 0.5) is 5.69 Å². The molecule has 1 aromatic carbocycles. The van der Waals surface area contributed by atoms with E-state index in [0.29, 0.717) is 17.1 Å². The van der Waals surface area contributed by atoms with Crippen molar-refractivity contribution in [2.45, 2.75) is 19.9 Å². The van der Waals surface area contributed by atoms with Crippen molar-refractivity contribution >= 4 is 11.6 Å². The predicted octanol–water partition coefficient (Wildman–Crippen LogP) is 1.68. The van der Waals surface area contributed by atoms with Gasteiger partial charge in [-0.3, -0.25) is 4.79 Å².